The van der Waals surface area contributed by atoms with E-state index in [1.165, 1.54) is 32.2 Å². The summed E-state index contributed by atoms with van der Waals surface area (Å²) in [5.74, 6) is 0.194. The van der Waals surface area contributed by atoms with Gasteiger partial charge in [-0.25, -0.2) is 0 Å². The van der Waals surface area contributed by atoms with Crippen LogP contribution < -0.4 is 10.6 Å². The van der Waals surface area contributed by atoms with Gasteiger partial charge in [-0.1, -0.05) is 6.42 Å². The third kappa shape index (κ3) is 2.95. The predicted molar refractivity (Wildman–Crippen MR) is 64.3 cm³/mol. The molecular weight excluding hydrogens is 202 g/mol. The maximum Gasteiger partial charge on any atom is 0.237 e. The first-order chi connectivity index (χ1) is 7.77. The Labute approximate surface area is 97.8 Å². The van der Waals surface area contributed by atoms with Crippen molar-refractivity contribution in [2.24, 2.45) is 0 Å². The van der Waals surface area contributed by atoms with Crippen molar-refractivity contribution in [1.82, 2.24) is 15.5 Å². The van der Waals surface area contributed by atoms with Gasteiger partial charge in [-0.15, -0.1) is 0 Å². The first kappa shape index (κ1) is 11.9. The number of hydrogen-bond donors (Lipinski definition) is 2. The lowest BCUT2D eigenvalue weighted by molar-refractivity contribution is -0.123. The molecule has 0 spiro atoms. The summed E-state index contributed by atoms with van der Waals surface area (Å²) in [7, 11) is 2.14. The number of likely N-dealkylation sites (N-methyl/N-ethyl adjacent to an activating group) is 1. The molecule has 2 atom stereocenters. The molecule has 0 bridgehead atoms. The van der Waals surface area contributed by atoms with E-state index < -0.39 is 0 Å². The van der Waals surface area contributed by atoms with Gasteiger partial charge in [0.05, 0.1) is 6.04 Å². The highest BCUT2D eigenvalue weighted by Gasteiger charge is 2.24. The monoisotopic (exact) mass is 225 g/mol. The molecule has 0 radical (unpaired) electrons. The molecule has 2 fully saturated rings. The highest BCUT2D eigenvalue weighted by Crippen LogP contribution is 2.13. The van der Waals surface area contributed by atoms with E-state index in [0.29, 0.717) is 6.04 Å². The number of nitrogens with one attached hydrogen (secondary N) is 2. The lowest BCUT2D eigenvalue weighted by atomic mass is 10.0. The molecule has 0 saturated carbocycles. The van der Waals surface area contributed by atoms with E-state index in [1.807, 2.05) is 0 Å². The van der Waals surface area contributed by atoms with Gasteiger partial charge in [0.2, 0.25) is 5.91 Å². The number of likely N-dealkylation sites (tertiary alicyclic amines) is 1. The Bertz CT molecular complexity index is 238. The molecule has 0 aliphatic carbocycles. The SMILES string of the molecule is CN1CCCC1CNC(=O)[C@H]1CCCCN1. The van der Waals surface area contributed by atoms with Crippen LogP contribution in [0.2, 0.25) is 0 Å². The van der Waals surface area contributed by atoms with Crippen LogP contribution in [-0.2, 0) is 4.79 Å². The highest BCUT2D eigenvalue weighted by molar-refractivity contribution is 5.81. The lowest BCUT2D eigenvalue weighted by Crippen LogP contribution is -2.49. The Balaban J connectivity index is 1.70. The molecule has 2 N–H and O–H groups in total. The van der Waals surface area contributed by atoms with E-state index in [2.05, 4.69) is 22.6 Å². The molecule has 0 aromatic rings. The minimum absolute atomic E-state index is 0.0560. The van der Waals surface area contributed by atoms with Crippen molar-refractivity contribution >= 4 is 5.91 Å². The summed E-state index contributed by atoms with van der Waals surface area (Å²) in [6.45, 7) is 2.97. The van der Waals surface area contributed by atoms with E-state index >= 15 is 0 Å². The smallest absolute Gasteiger partial charge is 0.237 e. The largest absolute Gasteiger partial charge is 0.353 e. The van der Waals surface area contributed by atoms with Crippen molar-refractivity contribution in [2.45, 2.75) is 44.2 Å². The average molecular weight is 225 g/mol. The summed E-state index contributed by atoms with van der Waals surface area (Å²) >= 11 is 0. The second kappa shape index (κ2) is 5.64. The maximum absolute atomic E-state index is 11.9. The van der Waals surface area contributed by atoms with Crippen LogP contribution in [0.15, 0.2) is 0 Å². The van der Waals surface area contributed by atoms with E-state index in [4.69, 9.17) is 0 Å². The first-order valence-corrected chi connectivity index (χ1v) is 6.48. The Morgan fingerprint density at radius 2 is 2.25 bits per heavy atom. The molecule has 2 rings (SSSR count). The van der Waals surface area contributed by atoms with Gasteiger partial charge in [-0.2, -0.15) is 0 Å². The maximum atomic E-state index is 11.9. The second-order valence-corrected chi connectivity index (χ2v) is 5.02. The highest BCUT2D eigenvalue weighted by atomic mass is 16.2. The number of carbonyl (C=O) groups is 1. The molecule has 16 heavy (non-hydrogen) atoms. The lowest BCUT2D eigenvalue weighted by Gasteiger charge is -2.25. The van der Waals surface area contributed by atoms with Crippen molar-refractivity contribution in [3.05, 3.63) is 0 Å². The van der Waals surface area contributed by atoms with Crippen LogP contribution in [0, 0.1) is 0 Å². The molecule has 2 aliphatic rings. The van der Waals surface area contributed by atoms with Gasteiger partial charge in [0.25, 0.3) is 0 Å². The molecule has 2 aliphatic heterocycles. The molecule has 1 unspecified atom stereocenters. The van der Waals surface area contributed by atoms with Gasteiger partial charge < -0.3 is 15.5 Å². The normalized spacial score (nSPS) is 31.6. The third-order valence-corrected chi connectivity index (χ3v) is 3.81. The van der Waals surface area contributed by atoms with E-state index in [0.717, 1.165) is 19.5 Å². The van der Waals surface area contributed by atoms with Gasteiger partial charge in [0, 0.05) is 12.6 Å². The zero-order valence-corrected chi connectivity index (χ0v) is 10.2. The topological polar surface area (TPSA) is 44.4 Å². The zero-order valence-electron chi connectivity index (χ0n) is 10.2. The molecule has 92 valence electrons. The van der Waals surface area contributed by atoms with Crippen LogP contribution in [0.25, 0.3) is 0 Å². The number of hydrogen-bond acceptors (Lipinski definition) is 3. The van der Waals surface area contributed by atoms with Gasteiger partial charge in [0.15, 0.2) is 0 Å². The van der Waals surface area contributed by atoms with Crippen LogP contribution in [-0.4, -0.2) is 49.6 Å². The predicted octanol–water partition coefficient (Wildman–Crippen LogP) is 0.339. The summed E-state index contributed by atoms with van der Waals surface area (Å²) < 4.78 is 0. The van der Waals surface area contributed by atoms with Gasteiger partial charge in [-0.3, -0.25) is 4.79 Å². The second-order valence-electron chi connectivity index (χ2n) is 5.02. The summed E-state index contributed by atoms with van der Waals surface area (Å²) in [5.41, 5.74) is 0. The van der Waals surface area contributed by atoms with Gasteiger partial charge in [-0.05, 0) is 45.8 Å². The Kier molecular flexibility index (Phi) is 4.18. The molecule has 4 nitrogen and oxygen atoms in total. The first-order valence-electron chi connectivity index (χ1n) is 6.48. The average Bonchev–Trinajstić information content (AvgIpc) is 2.73. The van der Waals surface area contributed by atoms with Crippen LogP contribution in [0.4, 0.5) is 0 Å². The summed E-state index contributed by atoms with van der Waals surface area (Å²) in [4.78, 5) is 14.2. The number of rotatable bonds is 3. The van der Waals surface area contributed by atoms with Crippen LogP contribution in [0.3, 0.4) is 0 Å². The third-order valence-electron chi connectivity index (χ3n) is 3.81. The number of nitrogens with zero attached hydrogens (tertiary/aromatic N) is 1. The van der Waals surface area contributed by atoms with Crippen molar-refractivity contribution in [1.29, 1.82) is 0 Å². The summed E-state index contributed by atoms with van der Waals surface area (Å²) in [6, 6.07) is 0.605. The summed E-state index contributed by atoms with van der Waals surface area (Å²) in [6.07, 6.45) is 5.85. The number of piperidine rings is 1. The Morgan fingerprint density at radius 3 is 2.88 bits per heavy atom. The van der Waals surface area contributed by atoms with Crippen molar-refractivity contribution < 1.29 is 4.79 Å². The Morgan fingerprint density at radius 1 is 1.38 bits per heavy atom. The number of amides is 1. The molecule has 0 aromatic carbocycles. The zero-order chi connectivity index (χ0) is 11.4. The molecule has 0 aromatic heterocycles. The van der Waals surface area contributed by atoms with E-state index in [9.17, 15) is 4.79 Å². The fraction of sp³-hybridized carbons (Fsp3) is 0.917. The van der Waals surface area contributed by atoms with Crippen molar-refractivity contribution in [3.63, 3.8) is 0 Å². The van der Waals surface area contributed by atoms with Crippen molar-refractivity contribution in [2.75, 3.05) is 26.7 Å². The van der Waals surface area contributed by atoms with Gasteiger partial charge >= 0.3 is 0 Å². The molecule has 4 heteroatoms. The molecule has 2 saturated heterocycles. The fourth-order valence-electron chi connectivity index (χ4n) is 2.65. The standard InChI is InChI=1S/C12H23N3O/c1-15-8-4-5-10(15)9-14-12(16)11-6-2-3-7-13-11/h10-11,13H,2-9H2,1H3,(H,14,16)/t10?,11-/m1/s1. The van der Waals surface area contributed by atoms with Crippen molar-refractivity contribution in [3.8, 4) is 0 Å². The van der Waals surface area contributed by atoms with Crippen LogP contribution in [0.5, 0.6) is 0 Å². The minimum Gasteiger partial charge on any atom is -0.353 e. The van der Waals surface area contributed by atoms with Crippen LogP contribution >= 0.6 is 0 Å². The van der Waals surface area contributed by atoms with Gasteiger partial charge in [0.1, 0.15) is 0 Å². The Hall–Kier alpha value is -0.610. The number of carbonyl (C=O) groups excluding carboxylic acids is 1. The molecule has 2 heterocycles. The van der Waals surface area contributed by atoms with E-state index in [-0.39, 0.29) is 11.9 Å². The molecule has 1 amide bonds. The molecular formula is C12H23N3O. The van der Waals surface area contributed by atoms with Crippen LogP contribution in [0.1, 0.15) is 32.1 Å². The summed E-state index contributed by atoms with van der Waals surface area (Å²) in [5, 5.41) is 6.36. The fourth-order valence-corrected chi connectivity index (χ4v) is 2.65. The minimum atomic E-state index is 0.0560. The quantitative estimate of drug-likeness (QED) is 0.728. The van der Waals surface area contributed by atoms with E-state index in [1.54, 1.807) is 0 Å².